The van der Waals surface area contributed by atoms with Gasteiger partial charge in [0, 0.05) is 19.1 Å². The summed E-state index contributed by atoms with van der Waals surface area (Å²) >= 11 is 0. The molecule has 4 rings (SSSR count). The molecule has 3 N–H and O–H groups in total. The van der Waals surface area contributed by atoms with Gasteiger partial charge in [-0.3, -0.25) is 9.36 Å². The Morgan fingerprint density at radius 3 is 2.79 bits per heavy atom. The number of fused-ring (bicyclic) bond motifs is 1. The zero-order valence-electron chi connectivity index (χ0n) is 16.6. The fourth-order valence-electron chi connectivity index (χ4n) is 4.18. The van der Waals surface area contributed by atoms with E-state index in [1.54, 1.807) is 17.7 Å². The fraction of sp³-hybridized carbons (Fsp3) is 0.550. The van der Waals surface area contributed by atoms with Crippen molar-refractivity contribution in [2.45, 2.75) is 25.3 Å². The van der Waals surface area contributed by atoms with E-state index < -0.39 is 11.2 Å². The highest BCUT2D eigenvalue weighted by atomic mass is 16.5. The van der Waals surface area contributed by atoms with E-state index in [0.29, 0.717) is 40.3 Å². The van der Waals surface area contributed by atoms with Crippen LogP contribution in [0.3, 0.4) is 0 Å². The van der Waals surface area contributed by atoms with Gasteiger partial charge in [0.05, 0.1) is 24.7 Å². The highest BCUT2D eigenvalue weighted by molar-refractivity contribution is 5.90. The lowest BCUT2D eigenvalue weighted by molar-refractivity contribution is 0.416. The smallest absolute Gasteiger partial charge is 0.350 e. The molecule has 9 heteroatoms. The van der Waals surface area contributed by atoms with Crippen molar-refractivity contribution in [3.05, 3.63) is 44.4 Å². The molecule has 1 atom stereocenters. The van der Waals surface area contributed by atoms with Crippen molar-refractivity contribution in [2.75, 3.05) is 50.6 Å². The first-order chi connectivity index (χ1) is 14.1. The van der Waals surface area contributed by atoms with Gasteiger partial charge in [0.15, 0.2) is 5.75 Å². The number of methoxy groups -OCH3 is 1. The Kier molecular flexibility index (Phi) is 5.20. The van der Waals surface area contributed by atoms with Crippen LogP contribution in [0.5, 0.6) is 5.75 Å². The molecule has 29 heavy (non-hydrogen) atoms. The highest BCUT2D eigenvalue weighted by Crippen LogP contribution is 2.41. The first-order valence-electron chi connectivity index (χ1n) is 9.99. The van der Waals surface area contributed by atoms with Crippen molar-refractivity contribution >= 4 is 16.6 Å². The Hall–Kier alpha value is -2.99. The molecule has 1 aliphatic carbocycles. The summed E-state index contributed by atoms with van der Waals surface area (Å²) in [6, 6.07) is 3.69. The normalized spacial score (nSPS) is 18.9. The van der Waals surface area contributed by atoms with Gasteiger partial charge in [-0.2, -0.15) is 4.68 Å². The number of aromatic nitrogens is 2. The van der Waals surface area contributed by atoms with Crippen LogP contribution in [0, 0.1) is 12.5 Å². The minimum absolute atomic E-state index is 0.0579. The number of benzene rings is 1. The average Bonchev–Trinajstić information content (AvgIpc) is 3.45. The van der Waals surface area contributed by atoms with Crippen molar-refractivity contribution in [2.24, 2.45) is 5.92 Å². The number of hydrogen-bond donors (Lipinski definition) is 2. The molecule has 1 saturated carbocycles. The van der Waals surface area contributed by atoms with Crippen molar-refractivity contribution in [3.8, 4) is 5.75 Å². The third-order valence-corrected chi connectivity index (χ3v) is 5.79. The van der Waals surface area contributed by atoms with Gasteiger partial charge in [-0.05, 0) is 43.9 Å². The Labute approximate surface area is 168 Å². The molecule has 1 aromatic heterocycles. The summed E-state index contributed by atoms with van der Waals surface area (Å²) in [6.07, 6.45) is 2.82. The van der Waals surface area contributed by atoms with Gasteiger partial charge in [0.2, 0.25) is 6.54 Å². The van der Waals surface area contributed by atoms with Crippen LogP contribution < -0.4 is 32.0 Å². The lowest BCUT2D eigenvalue weighted by atomic mass is 10.1. The molecule has 0 spiro atoms. The van der Waals surface area contributed by atoms with E-state index in [1.807, 2.05) is 6.07 Å². The molecular formula is C20H26N6O3. The summed E-state index contributed by atoms with van der Waals surface area (Å²) in [5, 5.41) is 3.74. The number of rotatable bonds is 7. The number of nitrogens with zero attached hydrogens (tertiary/aromatic N) is 4. The van der Waals surface area contributed by atoms with Gasteiger partial charge in [-0.25, -0.2) is 11.4 Å². The summed E-state index contributed by atoms with van der Waals surface area (Å²) in [7, 11) is 1.58. The second-order valence-electron chi connectivity index (χ2n) is 7.76. The van der Waals surface area contributed by atoms with Crippen LogP contribution in [0.4, 0.5) is 5.69 Å². The lowest BCUT2D eigenvalue weighted by Gasteiger charge is -2.24. The molecule has 2 fully saturated rings. The van der Waals surface area contributed by atoms with E-state index in [4.69, 9.17) is 17.2 Å². The summed E-state index contributed by atoms with van der Waals surface area (Å²) in [4.78, 5) is 30.9. The molecule has 0 amide bonds. The second kappa shape index (κ2) is 7.79. The standard InChI is InChI=1S/C20H26N6O3/c1-22-8-9-23-11-13-7-10-24(12-13)16-6-5-15-17(18(16)29-2)25(14-3-4-14)20(28)26(21)19(15)27/h5-6,13-14,23H,3-4,7-12,21H2,2H3. The molecule has 2 aromatic rings. The van der Waals surface area contributed by atoms with Gasteiger partial charge in [-0.1, -0.05) is 0 Å². The molecular weight excluding hydrogens is 372 g/mol. The Bertz CT molecular complexity index is 1080. The predicted octanol–water partition coefficient (Wildman–Crippen LogP) is 0.556. The SMILES string of the molecule is [C-]#[N+]CCNCC1CCN(c2ccc3c(=O)n(N)c(=O)n(C4CC4)c3c2OC)C1. The summed E-state index contributed by atoms with van der Waals surface area (Å²) < 4.78 is 8.07. The van der Waals surface area contributed by atoms with E-state index in [-0.39, 0.29) is 6.04 Å². The monoisotopic (exact) mass is 398 g/mol. The molecule has 0 bridgehead atoms. The van der Waals surface area contributed by atoms with Gasteiger partial charge in [0.25, 0.3) is 5.56 Å². The third-order valence-electron chi connectivity index (χ3n) is 5.79. The summed E-state index contributed by atoms with van der Waals surface area (Å²) in [5.74, 6) is 6.78. The number of anilines is 1. The van der Waals surface area contributed by atoms with Crippen LogP contribution in [-0.2, 0) is 0 Å². The quantitative estimate of drug-likeness (QED) is 0.402. The molecule has 2 aliphatic rings. The van der Waals surface area contributed by atoms with Crippen LogP contribution in [-0.4, -0.2) is 49.1 Å². The molecule has 2 heterocycles. The molecule has 1 aliphatic heterocycles. The zero-order valence-corrected chi connectivity index (χ0v) is 16.6. The largest absolute Gasteiger partial charge is 0.492 e. The van der Waals surface area contributed by atoms with Crippen LogP contribution in [0.25, 0.3) is 15.7 Å². The first-order valence-corrected chi connectivity index (χ1v) is 9.99. The number of nitrogens with one attached hydrogen (secondary N) is 1. The van der Waals surface area contributed by atoms with Crippen molar-refractivity contribution in [1.82, 2.24) is 14.6 Å². The van der Waals surface area contributed by atoms with Gasteiger partial charge in [0.1, 0.15) is 5.52 Å². The van der Waals surface area contributed by atoms with E-state index in [2.05, 4.69) is 15.1 Å². The summed E-state index contributed by atoms with van der Waals surface area (Å²) in [5.41, 5.74) is 0.438. The minimum Gasteiger partial charge on any atom is -0.492 e. The third kappa shape index (κ3) is 3.44. The van der Waals surface area contributed by atoms with Crippen LogP contribution in [0.1, 0.15) is 25.3 Å². The van der Waals surface area contributed by atoms with Crippen LogP contribution in [0.15, 0.2) is 21.7 Å². The number of nitrogen functional groups attached to an aromatic ring is 1. The van der Waals surface area contributed by atoms with Gasteiger partial charge >= 0.3 is 5.69 Å². The van der Waals surface area contributed by atoms with E-state index in [9.17, 15) is 9.59 Å². The minimum atomic E-state index is -0.505. The van der Waals surface area contributed by atoms with Gasteiger partial charge < -0.3 is 25.6 Å². The highest BCUT2D eigenvalue weighted by Gasteiger charge is 2.32. The molecule has 9 nitrogen and oxygen atoms in total. The topological polar surface area (TPSA) is 98.9 Å². The van der Waals surface area contributed by atoms with Crippen molar-refractivity contribution < 1.29 is 4.74 Å². The molecule has 1 unspecified atom stereocenters. The van der Waals surface area contributed by atoms with E-state index in [0.717, 1.165) is 44.6 Å². The Balaban J connectivity index is 1.71. The number of hydrogen-bond acceptors (Lipinski definition) is 6. The fourth-order valence-corrected chi connectivity index (χ4v) is 4.18. The van der Waals surface area contributed by atoms with Gasteiger partial charge in [-0.15, -0.1) is 0 Å². The lowest BCUT2D eigenvalue weighted by Crippen LogP contribution is -2.44. The first kappa shape index (κ1) is 19.3. The predicted molar refractivity (Wildman–Crippen MR) is 112 cm³/mol. The maximum absolute atomic E-state index is 12.7. The van der Waals surface area contributed by atoms with E-state index >= 15 is 0 Å². The van der Waals surface area contributed by atoms with Crippen LogP contribution >= 0.6 is 0 Å². The van der Waals surface area contributed by atoms with Crippen LogP contribution in [0.2, 0.25) is 0 Å². The zero-order chi connectivity index (χ0) is 20.5. The van der Waals surface area contributed by atoms with E-state index in [1.165, 1.54) is 0 Å². The number of nitrogens with two attached hydrogens (primary N) is 1. The summed E-state index contributed by atoms with van der Waals surface area (Å²) in [6.45, 7) is 10.6. The Morgan fingerprint density at radius 2 is 2.10 bits per heavy atom. The second-order valence-corrected chi connectivity index (χ2v) is 7.76. The molecule has 1 aromatic carbocycles. The van der Waals surface area contributed by atoms with Crippen molar-refractivity contribution in [1.29, 1.82) is 0 Å². The maximum Gasteiger partial charge on any atom is 0.350 e. The Morgan fingerprint density at radius 1 is 1.31 bits per heavy atom. The molecule has 1 saturated heterocycles. The maximum atomic E-state index is 12.7. The molecule has 0 radical (unpaired) electrons. The number of ether oxygens (including phenoxy) is 1. The van der Waals surface area contributed by atoms with Crippen molar-refractivity contribution in [3.63, 3.8) is 0 Å². The molecule has 154 valence electrons. The average molecular weight is 398 g/mol.